The van der Waals surface area contributed by atoms with E-state index in [2.05, 4.69) is 19.9 Å². The fraction of sp³-hybridized carbons (Fsp3) is 0.750. The van der Waals surface area contributed by atoms with Crippen molar-refractivity contribution >= 4 is 11.6 Å². The summed E-state index contributed by atoms with van der Waals surface area (Å²) in [6.45, 7) is 4.63. The molecule has 1 N–H and O–H groups in total. The number of allylic oxidation sites excluding steroid dienone is 3. The fourth-order valence-corrected chi connectivity index (χ4v) is 7.77. The summed E-state index contributed by atoms with van der Waals surface area (Å²) in [5.74, 6) is 1.24. The van der Waals surface area contributed by atoms with Gasteiger partial charge in [-0.1, -0.05) is 31.1 Å². The number of rotatable bonds is 1. The van der Waals surface area contributed by atoms with E-state index in [-0.39, 0.29) is 40.5 Å². The molecule has 3 fully saturated rings. The largest absolute Gasteiger partial charge is 0.393 e. The molecule has 3 saturated carbocycles. The van der Waals surface area contributed by atoms with Gasteiger partial charge in [-0.25, -0.2) is 0 Å². The minimum atomic E-state index is -0.297. The Morgan fingerprint density at radius 1 is 1.07 bits per heavy atom. The number of aliphatic hydroxyl groups excluding tert-OH is 1. The maximum atomic E-state index is 13.3. The number of carbonyl (C=O) groups excluding carboxylic acids is 2. The van der Waals surface area contributed by atoms with Gasteiger partial charge in [0.25, 0.3) is 0 Å². The molecule has 0 amide bonds. The van der Waals surface area contributed by atoms with E-state index in [9.17, 15) is 14.7 Å². The van der Waals surface area contributed by atoms with Crippen LogP contribution in [0.25, 0.3) is 0 Å². The zero-order chi connectivity index (χ0) is 19.0. The molecule has 0 aromatic rings. The molecular weight excluding hydrogens is 336 g/mol. The number of Topliss-reactive ketones (excluding diaryl/α,β-unsaturated/α-hetero) is 1. The molecule has 0 aliphatic heterocycles. The Hall–Kier alpha value is -1.22. The second-order valence-corrected chi connectivity index (χ2v) is 10.4. The van der Waals surface area contributed by atoms with Gasteiger partial charge in [-0.2, -0.15) is 0 Å². The minimum Gasteiger partial charge on any atom is -0.393 e. The number of ketones is 2. The first-order valence-electron chi connectivity index (χ1n) is 11.0. The molecule has 3 nitrogen and oxygen atoms in total. The molecular formula is C24H32O3. The predicted octanol–water partition coefficient (Wildman–Crippen LogP) is 4.39. The number of hydrogen-bond donors (Lipinski definition) is 1. The molecule has 0 aromatic heterocycles. The number of fused-ring (bicyclic) bond motifs is 5. The van der Waals surface area contributed by atoms with Gasteiger partial charge < -0.3 is 5.11 Å². The van der Waals surface area contributed by atoms with Crippen LogP contribution >= 0.6 is 0 Å². The number of hydrogen-bond acceptors (Lipinski definition) is 3. The average Bonchev–Trinajstić information content (AvgIpc) is 3.21. The normalized spacial score (nSPS) is 49.2. The SMILES string of the molecule is C[C@]12CC[C@H](O)CC1=CC(=O)C1C2CC[C@@]2(C)C1CC(=O)[C@@H]2C1=CCCC1. The monoisotopic (exact) mass is 368 g/mol. The van der Waals surface area contributed by atoms with Gasteiger partial charge in [0, 0.05) is 18.3 Å². The molecule has 0 spiro atoms. The Balaban J connectivity index is 1.54. The molecule has 146 valence electrons. The summed E-state index contributed by atoms with van der Waals surface area (Å²) < 4.78 is 0. The van der Waals surface area contributed by atoms with Crippen molar-refractivity contribution in [2.45, 2.75) is 77.7 Å². The summed E-state index contributed by atoms with van der Waals surface area (Å²) in [4.78, 5) is 26.4. The highest BCUT2D eigenvalue weighted by Gasteiger charge is 2.63. The Morgan fingerprint density at radius 3 is 2.63 bits per heavy atom. The quantitative estimate of drug-likeness (QED) is 0.698. The summed E-state index contributed by atoms with van der Waals surface area (Å²) in [5.41, 5.74) is 2.54. The molecule has 0 heterocycles. The zero-order valence-corrected chi connectivity index (χ0v) is 16.7. The molecule has 5 aliphatic carbocycles. The topological polar surface area (TPSA) is 54.4 Å². The van der Waals surface area contributed by atoms with Crippen molar-refractivity contribution in [3.63, 3.8) is 0 Å². The van der Waals surface area contributed by atoms with Gasteiger partial charge in [0.15, 0.2) is 5.78 Å². The second-order valence-electron chi connectivity index (χ2n) is 10.4. The Kier molecular flexibility index (Phi) is 3.89. The van der Waals surface area contributed by atoms with Crippen LogP contribution in [-0.2, 0) is 9.59 Å². The summed E-state index contributed by atoms with van der Waals surface area (Å²) in [7, 11) is 0. The van der Waals surface area contributed by atoms with Crippen molar-refractivity contribution < 1.29 is 14.7 Å². The van der Waals surface area contributed by atoms with E-state index >= 15 is 0 Å². The van der Waals surface area contributed by atoms with Crippen LogP contribution < -0.4 is 0 Å². The van der Waals surface area contributed by atoms with Crippen molar-refractivity contribution in [1.82, 2.24) is 0 Å². The van der Waals surface area contributed by atoms with Crippen LogP contribution in [0.15, 0.2) is 23.3 Å². The zero-order valence-electron chi connectivity index (χ0n) is 16.7. The molecule has 0 bridgehead atoms. The third kappa shape index (κ3) is 2.36. The van der Waals surface area contributed by atoms with E-state index in [1.807, 2.05) is 6.08 Å². The van der Waals surface area contributed by atoms with Gasteiger partial charge in [-0.05, 0) is 80.1 Å². The summed E-state index contributed by atoms with van der Waals surface area (Å²) in [6.07, 6.45) is 12.4. The van der Waals surface area contributed by atoms with E-state index in [0.29, 0.717) is 24.5 Å². The molecule has 27 heavy (non-hydrogen) atoms. The lowest BCUT2D eigenvalue weighted by Crippen LogP contribution is -2.53. The van der Waals surface area contributed by atoms with Crippen LogP contribution in [0, 0.1) is 34.5 Å². The predicted molar refractivity (Wildman–Crippen MR) is 104 cm³/mol. The molecule has 5 rings (SSSR count). The van der Waals surface area contributed by atoms with Gasteiger partial charge >= 0.3 is 0 Å². The molecule has 3 unspecified atom stereocenters. The first-order valence-corrected chi connectivity index (χ1v) is 11.0. The molecule has 3 heteroatoms. The third-order valence-electron chi connectivity index (χ3n) is 9.21. The molecule has 0 aromatic carbocycles. The maximum absolute atomic E-state index is 13.3. The Bertz CT molecular complexity index is 762. The highest BCUT2D eigenvalue weighted by Crippen LogP contribution is 2.66. The fourth-order valence-electron chi connectivity index (χ4n) is 7.77. The molecule has 5 aliphatic rings. The van der Waals surface area contributed by atoms with Crippen molar-refractivity contribution in [1.29, 1.82) is 0 Å². The molecule has 7 atom stereocenters. The summed E-state index contributed by atoms with van der Waals surface area (Å²) in [5, 5.41) is 10.1. The smallest absolute Gasteiger partial charge is 0.159 e. The van der Waals surface area contributed by atoms with E-state index in [1.165, 1.54) is 17.6 Å². The van der Waals surface area contributed by atoms with Crippen molar-refractivity contribution in [3.05, 3.63) is 23.3 Å². The van der Waals surface area contributed by atoms with Crippen LogP contribution in [0.4, 0.5) is 0 Å². The van der Waals surface area contributed by atoms with Gasteiger partial charge in [0.2, 0.25) is 0 Å². The molecule has 0 saturated heterocycles. The van der Waals surface area contributed by atoms with Crippen molar-refractivity contribution in [3.8, 4) is 0 Å². The Morgan fingerprint density at radius 2 is 1.89 bits per heavy atom. The van der Waals surface area contributed by atoms with Crippen LogP contribution in [0.1, 0.15) is 71.6 Å². The third-order valence-corrected chi connectivity index (χ3v) is 9.21. The van der Waals surface area contributed by atoms with E-state index in [4.69, 9.17) is 0 Å². The van der Waals surface area contributed by atoms with Crippen LogP contribution in [0.5, 0.6) is 0 Å². The first kappa shape index (κ1) is 17.8. The maximum Gasteiger partial charge on any atom is 0.159 e. The Labute approximate surface area is 162 Å². The second kappa shape index (κ2) is 5.89. The van der Waals surface area contributed by atoms with Crippen molar-refractivity contribution in [2.24, 2.45) is 34.5 Å². The number of aliphatic hydroxyl groups is 1. The molecule has 0 radical (unpaired) electrons. The standard InChI is InChI=1S/C24H32O3/c1-23-9-7-16(25)11-15(23)12-19(26)21-17(23)8-10-24(2)18(21)13-20(27)22(24)14-5-3-4-6-14/h5,12,16-18,21-22,25H,3-4,6-11,13H2,1-2H3/t16-,17?,18?,21?,22-,23-,24-/m0/s1. The van der Waals surface area contributed by atoms with E-state index in [1.54, 1.807) is 0 Å². The van der Waals surface area contributed by atoms with Crippen molar-refractivity contribution in [2.75, 3.05) is 0 Å². The lowest BCUT2D eigenvalue weighted by Gasteiger charge is -2.56. The van der Waals surface area contributed by atoms with Gasteiger partial charge in [-0.15, -0.1) is 0 Å². The van der Waals surface area contributed by atoms with E-state index < -0.39 is 0 Å². The van der Waals surface area contributed by atoms with Gasteiger partial charge in [-0.3, -0.25) is 9.59 Å². The lowest BCUT2D eigenvalue weighted by atomic mass is 9.47. The minimum absolute atomic E-state index is 0.00342. The lowest BCUT2D eigenvalue weighted by molar-refractivity contribution is -0.134. The summed E-state index contributed by atoms with van der Waals surface area (Å²) >= 11 is 0. The van der Waals surface area contributed by atoms with E-state index in [0.717, 1.165) is 38.5 Å². The van der Waals surface area contributed by atoms with Crippen LogP contribution in [-0.4, -0.2) is 22.8 Å². The van der Waals surface area contributed by atoms with Gasteiger partial charge in [0.1, 0.15) is 5.78 Å². The highest BCUT2D eigenvalue weighted by atomic mass is 16.3. The average molecular weight is 369 g/mol. The van der Waals surface area contributed by atoms with Gasteiger partial charge in [0.05, 0.1) is 6.10 Å². The van der Waals surface area contributed by atoms with Crippen LogP contribution in [0.2, 0.25) is 0 Å². The highest BCUT2D eigenvalue weighted by molar-refractivity contribution is 5.96. The van der Waals surface area contributed by atoms with Crippen LogP contribution in [0.3, 0.4) is 0 Å². The summed E-state index contributed by atoms with van der Waals surface area (Å²) in [6, 6.07) is 0. The number of carbonyl (C=O) groups is 2. The first-order chi connectivity index (χ1) is 12.8.